The lowest BCUT2D eigenvalue weighted by atomic mass is 10.2. The van der Waals surface area contributed by atoms with Crippen LogP contribution in [0, 0.1) is 0 Å². The molecule has 0 aliphatic rings. The summed E-state index contributed by atoms with van der Waals surface area (Å²) in [6, 6.07) is 23.7. The zero-order valence-corrected chi connectivity index (χ0v) is 16.1. The van der Waals surface area contributed by atoms with Crippen LogP contribution in [0.2, 0.25) is 5.02 Å². The molecule has 0 heterocycles. The Morgan fingerprint density at radius 3 is 2.31 bits per heavy atom. The van der Waals surface area contributed by atoms with Gasteiger partial charge in [0.1, 0.15) is 12.4 Å². The van der Waals surface area contributed by atoms with Crippen LogP contribution in [0.25, 0.3) is 0 Å². The van der Waals surface area contributed by atoms with E-state index in [0.29, 0.717) is 23.1 Å². The number of hydrogen-bond donors (Lipinski definition) is 2. The van der Waals surface area contributed by atoms with Crippen molar-refractivity contribution < 1.29 is 14.3 Å². The Hall–Kier alpha value is -3.64. The van der Waals surface area contributed by atoms with E-state index in [4.69, 9.17) is 16.3 Å². The monoisotopic (exact) mass is 407 g/mol. The molecule has 3 aromatic rings. The molecule has 3 aromatic carbocycles. The number of halogens is 1. The highest BCUT2D eigenvalue weighted by atomic mass is 35.5. The largest absolute Gasteiger partial charge is 0.489 e. The van der Waals surface area contributed by atoms with Crippen molar-refractivity contribution in [1.82, 2.24) is 5.43 Å². The first kappa shape index (κ1) is 20.1. The fraction of sp³-hybridized carbons (Fsp3) is 0.0455. The lowest BCUT2D eigenvalue weighted by molar-refractivity contribution is -0.136. The maximum atomic E-state index is 11.9. The van der Waals surface area contributed by atoms with Crippen LogP contribution in [0.1, 0.15) is 11.1 Å². The van der Waals surface area contributed by atoms with Crippen LogP contribution in [0.15, 0.2) is 84.0 Å². The van der Waals surface area contributed by atoms with E-state index in [1.165, 1.54) is 6.21 Å². The van der Waals surface area contributed by atoms with E-state index < -0.39 is 11.8 Å². The molecule has 0 radical (unpaired) electrons. The number of ether oxygens (including phenoxy) is 1. The minimum Gasteiger partial charge on any atom is -0.489 e. The van der Waals surface area contributed by atoms with Crippen LogP contribution < -0.4 is 15.5 Å². The van der Waals surface area contributed by atoms with Crippen molar-refractivity contribution in [2.75, 3.05) is 5.32 Å². The molecule has 7 heteroatoms. The molecule has 0 atom stereocenters. The van der Waals surface area contributed by atoms with Gasteiger partial charge in [-0.15, -0.1) is 0 Å². The van der Waals surface area contributed by atoms with Crippen LogP contribution in [0.4, 0.5) is 5.69 Å². The van der Waals surface area contributed by atoms with Crippen LogP contribution in [-0.4, -0.2) is 18.0 Å². The zero-order chi connectivity index (χ0) is 20.5. The molecule has 0 spiro atoms. The molecule has 0 aliphatic heterocycles. The molecule has 2 amide bonds. The molecule has 0 fully saturated rings. The summed E-state index contributed by atoms with van der Waals surface area (Å²) < 4.78 is 5.71. The molecule has 3 rings (SSSR count). The van der Waals surface area contributed by atoms with Crippen LogP contribution in [0.3, 0.4) is 0 Å². The Balaban J connectivity index is 1.47. The highest BCUT2D eigenvalue weighted by Gasteiger charge is 2.14. The van der Waals surface area contributed by atoms with Gasteiger partial charge < -0.3 is 10.1 Å². The Bertz CT molecular complexity index is 1010. The number of hydrogen-bond acceptors (Lipinski definition) is 4. The number of benzene rings is 3. The van der Waals surface area contributed by atoms with E-state index in [-0.39, 0.29) is 0 Å². The summed E-state index contributed by atoms with van der Waals surface area (Å²) in [6.07, 6.45) is 1.43. The smallest absolute Gasteiger partial charge is 0.329 e. The molecular formula is C22H18ClN3O3. The Morgan fingerprint density at radius 1 is 0.897 bits per heavy atom. The van der Waals surface area contributed by atoms with Gasteiger partial charge in [0, 0.05) is 0 Å². The van der Waals surface area contributed by atoms with Gasteiger partial charge in [0.25, 0.3) is 0 Å². The lowest BCUT2D eigenvalue weighted by Crippen LogP contribution is -2.32. The average molecular weight is 408 g/mol. The van der Waals surface area contributed by atoms with E-state index in [1.807, 2.05) is 30.3 Å². The van der Waals surface area contributed by atoms with Gasteiger partial charge >= 0.3 is 11.8 Å². The number of carbonyl (C=O) groups excluding carboxylic acids is 2. The van der Waals surface area contributed by atoms with Crippen molar-refractivity contribution in [2.24, 2.45) is 5.10 Å². The highest BCUT2D eigenvalue weighted by molar-refractivity contribution is 6.41. The van der Waals surface area contributed by atoms with E-state index in [2.05, 4.69) is 15.8 Å². The van der Waals surface area contributed by atoms with Crippen molar-refractivity contribution in [2.45, 2.75) is 6.61 Å². The number of carbonyl (C=O) groups is 2. The number of nitrogens with zero attached hydrogens (tertiary/aromatic N) is 1. The third-order valence-corrected chi connectivity index (χ3v) is 4.17. The molecule has 0 bridgehead atoms. The van der Waals surface area contributed by atoms with Gasteiger partial charge in [0.2, 0.25) is 0 Å². The number of anilines is 1. The molecule has 6 nitrogen and oxygen atoms in total. The number of para-hydroxylation sites is 1. The van der Waals surface area contributed by atoms with Crippen LogP contribution in [-0.2, 0) is 16.2 Å². The maximum Gasteiger partial charge on any atom is 0.329 e. The van der Waals surface area contributed by atoms with Gasteiger partial charge in [0.05, 0.1) is 16.9 Å². The first-order valence-corrected chi connectivity index (χ1v) is 9.15. The quantitative estimate of drug-likeness (QED) is 0.368. The van der Waals surface area contributed by atoms with Gasteiger partial charge in [-0.25, -0.2) is 5.43 Å². The molecule has 2 N–H and O–H groups in total. The molecule has 29 heavy (non-hydrogen) atoms. The molecule has 146 valence electrons. The fourth-order valence-corrected chi connectivity index (χ4v) is 2.53. The predicted molar refractivity (Wildman–Crippen MR) is 113 cm³/mol. The second-order valence-corrected chi connectivity index (χ2v) is 6.38. The van der Waals surface area contributed by atoms with Crippen molar-refractivity contribution in [3.63, 3.8) is 0 Å². The Labute approximate surface area is 173 Å². The number of hydrazone groups is 1. The van der Waals surface area contributed by atoms with Crippen molar-refractivity contribution in [3.8, 4) is 5.75 Å². The molecule has 0 aromatic heterocycles. The second-order valence-electron chi connectivity index (χ2n) is 5.98. The normalized spacial score (nSPS) is 10.5. The Kier molecular flexibility index (Phi) is 6.97. The Morgan fingerprint density at radius 2 is 1.59 bits per heavy atom. The summed E-state index contributed by atoms with van der Waals surface area (Å²) in [7, 11) is 0. The summed E-state index contributed by atoms with van der Waals surface area (Å²) >= 11 is 5.94. The summed E-state index contributed by atoms with van der Waals surface area (Å²) in [5, 5.41) is 6.55. The van der Waals surface area contributed by atoms with Gasteiger partial charge in [-0.2, -0.15) is 5.10 Å². The fourth-order valence-electron chi connectivity index (χ4n) is 2.35. The number of nitrogens with one attached hydrogen (secondary N) is 2. The van der Waals surface area contributed by atoms with Crippen molar-refractivity contribution in [3.05, 3.63) is 95.0 Å². The molecule has 0 aliphatic carbocycles. The van der Waals surface area contributed by atoms with E-state index in [1.54, 1.807) is 48.5 Å². The molecule has 0 unspecified atom stereocenters. The second kappa shape index (κ2) is 10.1. The molecule has 0 saturated carbocycles. The summed E-state index contributed by atoms with van der Waals surface area (Å²) in [4.78, 5) is 23.7. The minimum atomic E-state index is -0.899. The zero-order valence-electron chi connectivity index (χ0n) is 15.3. The topological polar surface area (TPSA) is 79.8 Å². The van der Waals surface area contributed by atoms with E-state index in [9.17, 15) is 9.59 Å². The van der Waals surface area contributed by atoms with Gasteiger partial charge in [-0.1, -0.05) is 54.1 Å². The third kappa shape index (κ3) is 6.19. The lowest BCUT2D eigenvalue weighted by Gasteiger charge is -2.06. The van der Waals surface area contributed by atoms with Crippen LogP contribution in [0.5, 0.6) is 5.75 Å². The summed E-state index contributed by atoms with van der Waals surface area (Å²) in [5.74, 6) is -1.04. The van der Waals surface area contributed by atoms with Gasteiger partial charge in [-0.3, -0.25) is 9.59 Å². The standard InChI is InChI=1S/C22H18ClN3O3/c23-19-8-4-5-9-20(19)25-21(27)22(28)26-24-14-16-10-12-18(13-11-16)29-15-17-6-2-1-3-7-17/h1-14H,15H2,(H,25,27)(H,26,28). The molecular weight excluding hydrogens is 390 g/mol. The predicted octanol–water partition coefficient (Wildman–Crippen LogP) is 4.01. The van der Waals surface area contributed by atoms with Gasteiger partial charge in [0.15, 0.2) is 0 Å². The first-order chi connectivity index (χ1) is 14.1. The van der Waals surface area contributed by atoms with Crippen LogP contribution >= 0.6 is 11.6 Å². The summed E-state index contributed by atoms with van der Waals surface area (Å²) in [6.45, 7) is 0.477. The maximum absolute atomic E-state index is 11.9. The molecule has 0 saturated heterocycles. The van der Waals surface area contributed by atoms with Crippen molar-refractivity contribution in [1.29, 1.82) is 0 Å². The van der Waals surface area contributed by atoms with E-state index in [0.717, 1.165) is 11.1 Å². The first-order valence-electron chi connectivity index (χ1n) is 8.77. The van der Waals surface area contributed by atoms with E-state index >= 15 is 0 Å². The van der Waals surface area contributed by atoms with Crippen molar-refractivity contribution >= 4 is 35.3 Å². The SMILES string of the molecule is O=C(NN=Cc1ccc(OCc2ccccc2)cc1)C(=O)Nc1ccccc1Cl. The van der Waals surface area contributed by atoms with Gasteiger partial charge in [-0.05, 0) is 47.5 Å². The summed E-state index contributed by atoms with van der Waals surface area (Å²) in [5.41, 5.74) is 4.35. The average Bonchev–Trinajstić information content (AvgIpc) is 2.75. The number of amides is 2. The highest BCUT2D eigenvalue weighted by Crippen LogP contribution is 2.20. The minimum absolute atomic E-state index is 0.340. The third-order valence-electron chi connectivity index (χ3n) is 3.84. The number of rotatable bonds is 6.